The Labute approximate surface area is 150 Å². The molecule has 1 heterocycles. The molecule has 1 amide bonds. The van der Waals surface area contributed by atoms with Crippen molar-refractivity contribution in [1.82, 2.24) is 10.6 Å². The van der Waals surface area contributed by atoms with E-state index < -0.39 is 0 Å². The summed E-state index contributed by atoms with van der Waals surface area (Å²) in [5.74, 6) is 1.02. The van der Waals surface area contributed by atoms with Crippen LogP contribution < -0.4 is 15.5 Å². The minimum absolute atomic E-state index is 0.227. The molecule has 0 aromatic heterocycles. The van der Waals surface area contributed by atoms with E-state index in [-0.39, 0.29) is 5.91 Å². The van der Waals surface area contributed by atoms with Crippen LogP contribution in [0.3, 0.4) is 0 Å². The largest absolute Gasteiger partial charge is 0.380 e. The molecule has 0 radical (unpaired) electrons. The van der Waals surface area contributed by atoms with Gasteiger partial charge in [-0.3, -0.25) is 4.79 Å². The van der Waals surface area contributed by atoms with Crippen LogP contribution in [0.2, 0.25) is 0 Å². The van der Waals surface area contributed by atoms with Gasteiger partial charge in [0.15, 0.2) is 5.96 Å². The number of amides is 1. The van der Waals surface area contributed by atoms with Crippen molar-refractivity contribution in [2.45, 2.75) is 39.7 Å². The minimum Gasteiger partial charge on any atom is -0.380 e. The Kier molecular flexibility index (Phi) is 8.25. The van der Waals surface area contributed by atoms with Crippen LogP contribution in [0.5, 0.6) is 0 Å². The monoisotopic (exact) mass is 346 g/mol. The molecule has 0 spiro atoms. The van der Waals surface area contributed by atoms with Crippen LogP contribution in [0.1, 0.15) is 38.7 Å². The molecule has 0 atom stereocenters. The number of hydrogen-bond donors (Lipinski definition) is 2. The maximum absolute atomic E-state index is 12.0. The van der Waals surface area contributed by atoms with Crippen molar-refractivity contribution >= 4 is 17.6 Å². The molecule has 6 heteroatoms. The number of rotatable bonds is 8. The normalized spacial score (nSPS) is 15.4. The topological polar surface area (TPSA) is 66.0 Å². The van der Waals surface area contributed by atoms with E-state index in [0.29, 0.717) is 19.6 Å². The van der Waals surface area contributed by atoms with Crippen LogP contribution in [0.4, 0.5) is 5.69 Å². The maximum Gasteiger partial charge on any atom is 0.226 e. The van der Waals surface area contributed by atoms with Crippen LogP contribution in [0.15, 0.2) is 29.3 Å². The van der Waals surface area contributed by atoms with Crippen molar-refractivity contribution in [3.05, 3.63) is 29.8 Å². The summed E-state index contributed by atoms with van der Waals surface area (Å²) < 4.78 is 5.33. The highest BCUT2D eigenvalue weighted by Crippen LogP contribution is 2.21. The third-order valence-electron chi connectivity index (χ3n) is 4.08. The quantitative estimate of drug-likeness (QED) is 0.431. The van der Waals surface area contributed by atoms with Gasteiger partial charge in [-0.1, -0.05) is 12.1 Å². The molecule has 1 aromatic carbocycles. The second kappa shape index (κ2) is 10.7. The van der Waals surface area contributed by atoms with Gasteiger partial charge < -0.3 is 20.3 Å². The van der Waals surface area contributed by atoms with Gasteiger partial charge in [0.25, 0.3) is 0 Å². The molecule has 138 valence electrons. The van der Waals surface area contributed by atoms with Crippen molar-refractivity contribution in [3.8, 4) is 0 Å². The zero-order chi connectivity index (χ0) is 17.9. The maximum atomic E-state index is 12.0. The van der Waals surface area contributed by atoms with Gasteiger partial charge in [-0.2, -0.15) is 0 Å². The predicted octanol–water partition coefficient (Wildman–Crippen LogP) is 2.30. The lowest BCUT2D eigenvalue weighted by Crippen LogP contribution is -2.39. The molecule has 0 unspecified atom stereocenters. The molecule has 1 aliphatic heterocycles. The summed E-state index contributed by atoms with van der Waals surface area (Å²) in [5.41, 5.74) is 2.11. The van der Waals surface area contributed by atoms with Crippen LogP contribution in [-0.2, 0) is 16.1 Å². The third kappa shape index (κ3) is 6.38. The number of nitrogens with zero attached hydrogens (tertiary/aromatic N) is 2. The Bertz CT molecular complexity index is 557. The summed E-state index contributed by atoms with van der Waals surface area (Å²) in [6.45, 7) is 8.39. The molecule has 6 nitrogen and oxygen atoms in total. The summed E-state index contributed by atoms with van der Waals surface area (Å²) in [6, 6.07) is 8.13. The number of hydrogen-bond acceptors (Lipinski definition) is 3. The highest BCUT2D eigenvalue weighted by atomic mass is 16.5. The van der Waals surface area contributed by atoms with Crippen molar-refractivity contribution in [1.29, 1.82) is 0 Å². The van der Waals surface area contributed by atoms with Crippen molar-refractivity contribution in [2.75, 3.05) is 37.7 Å². The van der Waals surface area contributed by atoms with Crippen molar-refractivity contribution in [3.63, 3.8) is 0 Å². The highest BCUT2D eigenvalue weighted by Gasteiger charge is 2.19. The van der Waals surface area contributed by atoms with E-state index in [9.17, 15) is 4.79 Å². The first kappa shape index (κ1) is 19.2. The number of carbonyl (C=O) groups is 1. The van der Waals surface area contributed by atoms with Crippen LogP contribution in [-0.4, -0.2) is 44.7 Å². The second-order valence-electron chi connectivity index (χ2n) is 5.99. The average Bonchev–Trinajstić information content (AvgIpc) is 2.64. The fraction of sp³-hybridized carbons (Fsp3) is 0.579. The third-order valence-corrected chi connectivity index (χ3v) is 4.08. The fourth-order valence-electron chi connectivity index (χ4n) is 2.76. The van der Waals surface area contributed by atoms with E-state index in [4.69, 9.17) is 4.74 Å². The number of nitrogens with one attached hydrogen (secondary N) is 2. The summed E-state index contributed by atoms with van der Waals surface area (Å²) in [4.78, 5) is 18.5. The van der Waals surface area contributed by atoms with E-state index in [0.717, 1.165) is 56.3 Å². The number of piperidine rings is 1. The van der Waals surface area contributed by atoms with Gasteiger partial charge in [0.2, 0.25) is 5.91 Å². The summed E-state index contributed by atoms with van der Waals surface area (Å²) >= 11 is 0. The molecule has 1 aromatic rings. The Hall–Kier alpha value is -2.08. The smallest absolute Gasteiger partial charge is 0.226 e. The van der Waals surface area contributed by atoms with Gasteiger partial charge in [-0.25, -0.2) is 4.99 Å². The average molecular weight is 346 g/mol. The van der Waals surface area contributed by atoms with Gasteiger partial charge in [-0.05, 0) is 44.4 Å². The minimum atomic E-state index is 0.227. The SMILES string of the molecule is CCNC(=NCc1ccc(N2CCCCC2=O)cc1)NCCOCC. The van der Waals surface area contributed by atoms with Crippen LogP contribution in [0, 0.1) is 0 Å². The first-order valence-corrected chi connectivity index (χ1v) is 9.23. The van der Waals surface area contributed by atoms with E-state index in [1.165, 1.54) is 0 Å². The molecule has 2 rings (SSSR count). The molecule has 1 aliphatic rings. The number of ether oxygens (including phenoxy) is 1. The second-order valence-corrected chi connectivity index (χ2v) is 5.99. The summed E-state index contributed by atoms with van der Waals surface area (Å²) in [7, 11) is 0. The summed E-state index contributed by atoms with van der Waals surface area (Å²) in [6.07, 6.45) is 2.74. The van der Waals surface area contributed by atoms with Gasteiger partial charge in [0, 0.05) is 38.3 Å². The molecule has 1 saturated heterocycles. The standard InChI is InChI=1S/C19H30N4O2/c1-3-20-19(21-12-14-25-4-2)22-15-16-8-10-17(11-9-16)23-13-6-5-7-18(23)24/h8-11H,3-7,12-15H2,1-2H3,(H2,20,21,22). The molecule has 0 saturated carbocycles. The van der Waals surface area contributed by atoms with E-state index in [1.54, 1.807) is 0 Å². The van der Waals surface area contributed by atoms with E-state index in [2.05, 4.69) is 15.6 Å². The van der Waals surface area contributed by atoms with Crippen molar-refractivity contribution in [2.24, 2.45) is 4.99 Å². The van der Waals surface area contributed by atoms with Crippen LogP contribution in [0.25, 0.3) is 0 Å². The first-order chi connectivity index (χ1) is 12.2. The van der Waals surface area contributed by atoms with E-state index in [1.807, 2.05) is 43.0 Å². The molecule has 25 heavy (non-hydrogen) atoms. The Morgan fingerprint density at radius 1 is 1.20 bits per heavy atom. The Morgan fingerprint density at radius 2 is 2.00 bits per heavy atom. The van der Waals surface area contributed by atoms with Crippen molar-refractivity contribution < 1.29 is 9.53 Å². The van der Waals surface area contributed by atoms with Crippen LogP contribution >= 0.6 is 0 Å². The molecule has 1 fully saturated rings. The number of guanidine groups is 1. The lowest BCUT2D eigenvalue weighted by Gasteiger charge is -2.26. The fourth-order valence-corrected chi connectivity index (χ4v) is 2.76. The molecule has 0 bridgehead atoms. The highest BCUT2D eigenvalue weighted by molar-refractivity contribution is 5.93. The Balaban J connectivity index is 1.90. The van der Waals surface area contributed by atoms with Gasteiger partial charge in [0.1, 0.15) is 0 Å². The number of anilines is 1. The number of carbonyl (C=O) groups excluding carboxylic acids is 1. The first-order valence-electron chi connectivity index (χ1n) is 9.23. The van der Waals surface area contributed by atoms with E-state index >= 15 is 0 Å². The van der Waals surface area contributed by atoms with Gasteiger partial charge in [0.05, 0.1) is 13.2 Å². The van der Waals surface area contributed by atoms with Gasteiger partial charge >= 0.3 is 0 Å². The molecule has 2 N–H and O–H groups in total. The summed E-state index contributed by atoms with van der Waals surface area (Å²) in [5, 5.41) is 6.48. The zero-order valence-corrected chi connectivity index (χ0v) is 15.4. The predicted molar refractivity (Wildman–Crippen MR) is 102 cm³/mol. The Morgan fingerprint density at radius 3 is 2.68 bits per heavy atom. The molecular formula is C19H30N4O2. The lowest BCUT2D eigenvalue weighted by molar-refractivity contribution is -0.119. The molecular weight excluding hydrogens is 316 g/mol. The zero-order valence-electron chi connectivity index (χ0n) is 15.4. The van der Waals surface area contributed by atoms with Gasteiger partial charge in [-0.15, -0.1) is 0 Å². The number of benzene rings is 1. The number of aliphatic imine (C=N–C) groups is 1. The molecule has 0 aliphatic carbocycles. The lowest BCUT2D eigenvalue weighted by atomic mass is 10.1.